The molecular weight excluding hydrogens is 612 g/mol. The van der Waals surface area contributed by atoms with Crippen molar-refractivity contribution in [1.82, 2.24) is 34.2 Å². The summed E-state index contributed by atoms with van der Waals surface area (Å²) in [5.74, 6) is 0.00650. The van der Waals surface area contributed by atoms with Crippen LogP contribution in [0.25, 0.3) is 11.2 Å². The van der Waals surface area contributed by atoms with E-state index in [0.717, 1.165) is 89.9 Å². The van der Waals surface area contributed by atoms with Crippen LogP contribution in [0.1, 0.15) is 75.2 Å². The van der Waals surface area contributed by atoms with E-state index in [1.54, 1.807) is 31.4 Å². The molecule has 0 saturated carbocycles. The van der Waals surface area contributed by atoms with Crippen LogP contribution in [0.4, 0.5) is 5.82 Å². The van der Waals surface area contributed by atoms with Crippen molar-refractivity contribution in [1.29, 1.82) is 0 Å². The minimum Gasteiger partial charge on any atom is -0.461 e. The van der Waals surface area contributed by atoms with Gasteiger partial charge in [0.05, 0.1) is 13.2 Å². The van der Waals surface area contributed by atoms with E-state index in [1.807, 2.05) is 0 Å². The fourth-order valence-corrected chi connectivity index (χ4v) is 5.61. The van der Waals surface area contributed by atoms with Gasteiger partial charge in [-0.3, -0.25) is 14.2 Å². The number of amides is 1. The van der Waals surface area contributed by atoms with Crippen molar-refractivity contribution in [3.63, 3.8) is 0 Å². The number of H-pyrrole nitrogens is 1. The van der Waals surface area contributed by atoms with Crippen molar-refractivity contribution in [3.8, 4) is 6.01 Å². The standard InChI is InChI=1S/C35H56N8O5/c1-6-41(7-2)22-12-19-40(4)20-13-23-42(8-3)21-11-9-10-14-30(45)36-32-31-33(39-34(38-32)48-25-24-47-5)43(35(46)37-31)26-28-15-17-29(27-44)18-16-28/h15-18,27H,6-14,19-26H2,1-5H3,(H,37,46)(H,36,38,39,45). The number of aromatic amines is 1. The van der Waals surface area contributed by atoms with Gasteiger partial charge < -0.3 is 34.5 Å². The van der Waals surface area contributed by atoms with E-state index in [4.69, 9.17) is 9.47 Å². The Labute approximate surface area is 285 Å². The third-order valence-electron chi connectivity index (χ3n) is 8.58. The quantitative estimate of drug-likeness (QED) is 0.101. The molecule has 0 unspecified atom stereocenters. The fourth-order valence-electron chi connectivity index (χ4n) is 5.61. The highest BCUT2D eigenvalue weighted by Crippen LogP contribution is 2.22. The lowest BCUT2D eigenvalue weighted by atomic mass is 10.1. The van der Waals surface area contributed by atoms with Crippen molar-refractivity contribution in [3.05, 3.63) is 45.9 Å². The van der Waals surface area contributed by atoms with E-state index in [9.17, 15) is 14.4 Å². The molecule has 0 atom stereocenters. The summed E-state index contributed by atoms with van der Waals surface area (Å²) in [5, 5.41) is 2.87. The van der Waals surface area contributed by atoms with E-state index in [1.165, 1.54) is 11.0 Å². The van der Waals surface area contributed by atoms with Crippen molar-refractivity contribution in [2.75, 3.05) is 85.0 Å². The molecule has 0 aliphatic heterocycles. The number of rotatable bonds is 25. The molecule has 3 rings (SSSR count). The summed E-state index contributed by atoms with van der Waals surface area (Å²) in [6.07, 6.45) is 6.18. The summed E-state index contributed by atoms with van der Waals surface area (Å²) in [4.78, 5) is 56.1. The van der Waals surface area contributed by atoms with Gasteiger partial charge in [-0.2, -0.15) is 9.97 Å². The van der Waals surface area contributed by atoms with Crippen LogP contribution >= 0.6 is 0 Å². The topological polar surface area (TPSA) is 138 Å². The Morgan fingerprint density at radius 1 is 0.896 bits per heavy atom. The molecule has 13 nitrogen and oxygen atoms in total. The second kappa shape index (κ2) is 21.3. The molecule has 13 heteroatoms. The number of hydrogen-bond donors (Lipinski definition) is 2. The number of carbonyl (C=O) groups excluding carboxylic acids is 2. The van der Waals surface area contributed by atoms with Crippen LogP contribution in [0.3, 0.4) is 0 Å². The molecule has 2 heterocycles. The maximum atomic E-state index is 13.0. The normalized spacial score (nSPS) is 11.7. The number of nitrogens with one attached hydrogen (secondary N) is 2. The van der Waals surface area contributed by atoms with Crippen molar-refractivity contribution < 1.29 is 19.1 Å². The minimum absolute atomic E-state index is 0.0318. The maximum Gasteiger partial charge on any atom is 0.328 e. The smallest absolute Gasteiger partial charge is 0.328 e. The first-order valence-corrected chi connectivity index (χ1v) is 17.4. The summed E-state index contributed by atoms with van der Waals surface area (Å²) in [6, 6.07) is 6.98. The molecule has 2 aromatic heterocycles. The summed E-state index contributed by atoms with van der Waals surface area (Å²) in [7, 11) is 3.78. The monoisotopic (exact) mass is 668 g/mol. The van der Waals surface area contributed by atoms with Gasteiger partial charge in [0.2, 0.25) is 5.91 Å². The lowest BCUT2D eigenvalue weighted by Gasteiger charge is -2.23. The number of anilines is 1. The molecule has 0 radical (unpaired) electrons. The molecule has 0 aliphatic carbocycles. The number of unbranched alkanes of at least 4 members (excludes halogenated alkanes) is 2. The second-order valence-corrected chi connectivity index (χ2v) is 12.1. The van der Waals surface area contributed by atoms with E-state index >= 15 is 0 Å². The average molecular weight is 669 g/mol. The van der Waals surface area contributed by atoms with Gasteiger partial charge in [0, 0.05) is 19.1 Å². The van der Waals surface area contributed by atoms with Crippen LogP contribution in [-0.4, -0.2) is 126 Å². The molecule has 3 aromatic rings. The summed E-state index contributed by atoms with van der Waals surface area (Å²) in [5.41, 5.74) is 1.59. The van der Waals surface area contributed by atoms with Crippen LogP contribution in [-0.2, 0) is 16.1 Å². The Kier molecular flexibility index (Phi) is 17.3. The van der Waals surface area contributed by atoms with Gasteiger partial charge in [0.25, 0.3) is 0 Å². The molecule has 0 fully saturated rings. The molecule has 0 saturated heterocycles. The molecular formula is C35H56N8O5. The number of benzene rings is 1. The third-order valence-corrected chi connectivity index (χ3v) is 8.58. The Hall–Kier alpha value is -3.65. The number of carbonyl (C=O) groups is 2. The van der Waals surface area contributed by atoms with E-state index in [-0.39, 0.29) is 30.9 Å². The molecule has 48 heavy (non-hydrogen) atoms. The fraction of sp³-hybridized carbons (Fsp3) is 0.629. The predicted molar refractivity (Wildman–Crippen MR) is 190 cm³/mol. The van der Waals surface area contributed by atoms with Gasteiger partial charge in [-0.15, -0.1) is 0 Å². The number of aromatic nitrogens is 4. The Bertz CT molecular complexity index is 1440. The summed E-state index contributed by atoms with van der Waals surface area (Å²) in [6.45, 7) is 16.2. The molecule has 0 bridgehead atoms. The van der Waals surface area contributed by atoms with E-state index < -0.39 is 5.69 Å². The Balaban J connectivity index is 1.50. The number of aldehydes is 1. The molecule has 266 valence electrons. The number of fused-ring (bicyclic) bond motifs is 1. The number of methoxy groups -OCH3 is 1. The van der Waals surface area contributed by atoms with E-state index in [2.05, 4.69) is 62.8 Å². The molecule has 0 aliphatic rings. The first kappa shape index (κ1) is 38.8. The van der Waals surface area contributed by atoms with Crippen molar-refractivity contribution in [2.24, 2.45) is 0 Å². The first-order chi connectivity index (χ1) is 23.3. The number of nitrogens with zero attached hydrogens (tertiary/aromatic N) is 6. The zero-order valence-electron chi connectivity index (χ0n) is 29.6. The highest BCUT2D eigenvalue weighted by atomic mass is 16.5. The van der Waals surface area contributed by atoms with Gasteiger partial charge in [-0.1, -0.05) is 51.5 Å². The molecule has 1 aromatic carbocycles. The lowest BCUT2D eigenvalue weighted by Crippen LogP contribution is -2.31. The first-order valence-electron chi connectivity index (χ1n) is 17.4. The highest BCUT2D eigenvalue weighted by Gasteiger charge is 2.18. The highest BCUT2D eigenvalue weighted by molar-refractivity contribution is 5.97. The maximum absolute atomic E-state index is 13.0. The summed E-state index contributed by atoms with van der Waals surface area (Å²) >= 11 is 0. The average Bonchev–Trinajstić information content (AvgIpc) is 3.40. The molecule has 0 spiro atoms. The molecule has 1 amide bonds. The predicted octanol–water partition coefficient (Wildman–Crippen LogP) is 3.88. The van der Waals surface area contributed by atoms with Crippen LogP contribution in [0.5, 0.6) is 6.01 Å². The summed E-state index contributed by atoms with van der Waals surface area (Å²) < 4.78 is 12.2. The lowest BCUT2D eigenvalue weighted by molar-refractivity contribution is -0.116. The Morgan fingerprint density at radius 2 is 1.56 bits per heavy atom. The number of ether oxygens (including phenoxy) is 2. The van der Waals surface area contributed by atoms with Crippen LogP contribution in [0, 0.1) is 0 Å². The van der Waals surface area contributed by atoms with Gasteiger partial charge in [0.15, 0.2) is 11.5 Å². The van der Waals surface area contributed by atoms with Gasteiger partial charge in [-0.25, -0.2) is 4.79 Å². The van der Waals surface area contributed by atoms with Crippen LogP contribution < -0.4 is 15.7 Å². The van der Waals surface area contributed by atoms with Crippen molar-refractivity contribution >= 4 is 29.2 Å². The number of hydrogen-bond acceptors (Lipinski definition) is 10. The largest absolute Gasteiger partial charge is 0.461 e. The zero-order valence-corrected chi connectivity index (χ0v) is 29.6. The second-order valence-electron chi connectivity index (χ2n) is 12.1. The van der Waals surface area contributed by atoms with Crippen LogP contribution in [0.2, 0.25) is 0 Å². The van der Waals surface area contributed by atoms with E-state index in [0.29, 0.717) is 29.8 Å². The van der Waals surface area contributed by atoms with Gasteiger partial charge >= 0.3 is 11.7 Å². The van der Waals surface area contributed by atoms with Crippen molar-refractivity contribution in [2.45, 2.75) is 65.8 Å². The number of imidazole rings is 1. The Morgan fingerprint density at radius 3 is 2.21 bits per heavy atom. The SMILES string of the molecule is CCN(CC)CCCN(C)CCCN(CC)CCCCCC(=O)Nc1nc(OCCOC)nc2c1[nH]c(=O)n2Cc1ccc(C=O)cc1. The third kappa shape index (κ3) is 12.8. The molecule has 2 N–H and O–H groups in total. The van der Waals surface area contributed by atoms with Gasteiger partial charge in [-0.05, 0) is 90.7 Å². The minimum atomic E-state index is -0.397. The van der Waals surface area contributed by atoms with Crippen LogP contribution in [0.15, 0.2) is 29.1 Å². The van der Waals surface area contributed by atoms with Gasteiger partial charge in [0.1, 0.15) is 18.4 Å². The zero-order chi connectivity index (χ0) is 34.7.